The number of fused-ring (bicyclic) bond motifs is 1. The molecule has 0 spiro atoms. The third-order valence-electron chi connectivity index (χ3n) is 4.14. The van der Waals surface area contributed by atoms with Crippen molar-refractivity contribution in [2.45, 2.75) is 26.3 Å². The number of aromatic nitrogens is 2. The summed E-state index contributed by atoms with van der Waals surface area (Å²) in [7, 11) is 1.71. The van der Waals surface area contributed by atoms with Gasteiger partial charge in [-0.15, -0.1) is 0 Å². The molecule has 7 nitrogen and oxygen atoms in total. The van der Waals surface area contributed by atoms with Crippen LogP contribution in [0.4, 0.5) is 4.79 Å². The predicted octanol–water partition coefficient (Wildman–Crippen LogP) is 3.57. The van der Waals surface area contributed by atoms with Crippen molar-refractivity contribution in [3.8, 4) is 5.75 Å². The van der Waals surface area contributed by atoms with Crippen molar-refractivity contribution < 1.29 is 14.1 Å². The first-order chi connectivity index (χ1) is 13.0. The quantitative estimate of drug-likeness (QED) is 0.645. The van der Waals surface area contributed by atoms with Gasteiger partial charge in [0.2, 0.25) is 0 Å². The highest BCUT2D eigenvalue weighted by atomic mass is 16.5. The number of carbonyl (C=O) groups is 1. The van der Waals surface area contributed by atoms with Gasteiger partial charge < -0.3 is 19.5 Å². The molecule has 142 valence electrons. The molecule has 0 saturated carbocycles. The Morgan fingerprint density at radius 1 is 1.30 bits per heavy atom. The van der Waals surface area contributed by atoms with Crippen molar-refractivity contribution in [1.82, 2.24) is 20.4 Å². The fourth-order valence-corrected chi connectivity index (χ4v) is 2.63. The molecule has 3 aromatic rings. The minimum Gasteiger partial charge on any atom is -0.489 e. The van der Waals surface area contributed by atoms with E-state index < -0.39 is 0 Å². The average molecular weight is 368 g/mol. The van der Waals surface area contributed by atoms with Crippen LogP contribution in [0.15, 0.2) is 47.1 Å². The molecular weight excluding hydrogens is 344 g/mol. The summed E-state index contributed by atoms with van der Waals surface area (Å²) in [5.41, 5.74) is 1.70. The number of hydrogen-bond acceptors (Lipinski definition) is 5. The summed E-state index contributed by atoms with van der Waals surface area (Å²) in [6, 6.07) is 11.3. The van der Waals surface area contributed by atoms with Crippen LogP contribution in [0.3, 0.4) is 0 Å². The molecule has 1 N–H and O–H groups in total. The SMILES string of the molecule is CC(C)c1cc(CN(C)C(=O)NCCOc2cccc3cccnc23)on1. The summed E-state index contributed by atoms with van der Waals surface area (Å²) in [6.07, 6.45) is 1.74. The van der Waals surface area contributed by atoms with Crippen molar-refractivity contribution in [1.29, 1.82) is 0 Å². The maximum atomic E-state index is 12.2. The molecule has 1 aromatic carbocycles. The van der Waals surface area contributed by atoms with E-state index in [0.29, 0.717) is 37.1 Å². The lowest BCUT2D eigenvalue weighted by atomic mass is 10.1. The third-order valence-corrected chi connectivity index (χ3v) is 4.14. The van der Waals surface area contributed by atoms with E-state index in [0.717, 1.165) is 16.6 Å². The van der Waals surface area contributed by atoms with Crippen molar-refractivity contribution in [3.63, 3.8) is 0 Å². The molecular formula is C20H24N4O3. The van der Waals surface area contributed by atoms with Gasteiger partial charge in [0, 0.05) is 24.7 Å². The third kappa shape index (κ3) is 4.75. The lowest BCUT2D eigenvalue weighted by molar-refractivity contribution is 0.197. The van der Waals surface area contributed by atoms with Gasteiger partial charge in [0.15, 0.2) is 5.76 Å². The van der Waals surface area contributed by atoms with E-state index in [-0.39, 0.29) is 6.03 Å². The molecule has 0 aliphatic heterocycles. The average Bonchev–Trinajstić information content (AvgIpc) is 3.14. The standard InChI is InChI=1S/C20H24N4O3/c1-14(2)17-12-16(27-23-17)13-24(3)20(25)22-10-11-26-18-8-4-6-15-7-5-9-21-19(15)18/h4-9,12,14H,10-11,13H2,1-3H3,(H,22,25). The zero-order valence-electron chi connectivity index (χ0n) is 15.8. The van der Waals surface area contributed by atoms with Crippen LogP contribution in [-0.4, -0.2) is 41.3 Å². The zero-order chi connectivity index (χ0) is 19.2. The van der Waals surface area contributed by atoms with Crippen LogP contribution < -0.4 is 10.1 Å². The van der Waals surface area contributed by atoms with Crippen molar-refractivity contribution in [3.05, 3.63) is 54.0 Å². The maximum absolute atomic E-state index is 12.2. The minimum absolute atomic E-state index is 0.197. The van der Waals surface area contributed by atoms with Gasteiger partial charge in [-0.1, -0.05) is 37.2 Å². The predicted molar refractivity (Wildman–Crippen MR) is 103 cm³/mol. The van der Waals surface area contributed by atoms with Gasteiger partial charge in [-0.05, 0) is 18.1 Å². The number of urea groups is 1. The lowest BCUT2D eigenvalue weighted by Crippen LogP contribution is -2.38. The van der Waals surface area contributed by atoms with Gasteiger partial charge in [-0.3, -0.25) is 4.98 Å². The zero-order valence-corrected chi connectivity index (χ0v) is 15.8. The maximum Gasteiger partial charge on any atom is 0.317 e. The molecule has 0 aliphatic rings. The Hall–Kier alpha value is -3.09. The monoisotopic (exact) mass is 368 g/mol. The van der Waals surface area contributed by atoms with Crippen LogP contribution in [0.5, 0.6) is 5.75 Å². The Balaban J connectivity index is 1.46. The van der Waals surface area contributed by atoms with E-state index in [9.17, 15) is 4.79 Å². The Labute approximate surface area is 158 Å². The number of benzene rings is 1. The van der Waals surface area contributed by atoms with Crippen LogP contribution in [-0.2, 0) is 6.54 Å². The van der Waals surface area contributed by atoms with Crippen LogP contribution in [0.2, 0.25) is 0 Å². The van der Waals surface area contributed by atoms with Crippen molar-refractivity contribution in [2.75, 3.05) is 20.2 Å². The molecule has 0 fully saturated rings. The topological polar surface area (TPSA) is 80.5 Å². The summed E-state index contributed by atoms with van der Waals surface area (Å²) in [5.74, 6) is 1.66. The Morgan fingerprint density at radius 2 is 2.11 bits per heavy atom. The lowest BCUT2D eigenvalue weighted by Gasteiger charge is -2.16. The number of nitrogens with one attached hydrogen (secondary N) is 1. The Morgan fingerprint density at radius 3 is 2.89 bits per heavy atom. The number of nitrogens with zero attached hydrogens (tertiary/aromatic N) is 3. The Bertz CT molecular complexity index is 902. The largest absolute Gasteiger partial charge is 0.489 e. The number of ether oxygens (including phenoxy) is 1. The van der Waals surface area contributed by atoms with Crippen LogP contribution in [0.1, 0.15) is 31.2 Å². The fourth-order valence-electron chi connectivity index (χ4n) is 2.63. The highest BCUT2D eigenvalue weighted by Crippen LogP contribution is 2.22. The first kappa shape index (κ1) is 18.7. The normalized spacial score (nSPS) is 11.0. The summed E-state index contributed by atoms with van der Waals surface area (Å²) < 4.78 is 11.0. The van der Waals surface area contributed by atoms with E-state index in [1.54, 1.807) is 18.1 Å². The number of hydrogen-bond donors (Lipinski definition) is 1. The molecule has 0 unspecified atom stereocenters. The molecule has 2 heterocycles. The molecule has 2 aromatic heterocycles. The first-order valence-electron chi connectivity index (χ1n) is 8.95. The Kier molecular flexibility index (Phi) is 5.90. The summed E-state index contributed by atoms with van der Waals surface area (Å²) in [5, 5.41) is 7.85. The van der Waals surface area contributed by atoms with E-state index >= 15 is 0 Å². The van der Waals surface area contributed by atoms with Gasteiger partial charge >= 0.3 is 6.03 Å². The number of carbonyl (C=O) groups excluding carboxylic acids is 1. The second-order valence-electron chi connectivity index (χ2n) is 6.64. The van der Waals surface area contributed by atoms with Gasteiger partial charge in [-0.25, -0.2) is 4.79 Å². The van der Waals surface area contributed by atoms with E-state index in [1.807, 2.05) is 50.2 Å². The van der Waals surface area contributed by atoms with Gasteiger partial charge in [0.25, 0.3) is 0 Å². The van der Waals surface area contributed by atoms with Crippen LogP contribution >= 0.6 is 0 Å². The summed E-state index contributed by atoms with van der Waals surface area (Å²) in [4.78, 5) is 18.1. The first-order valence-corrected chi connectivity index (χ1v) is 8.95. The molecule has 0 radical (unpaired) electrons. The minimum atomic E-state index is -0.197. The highest BCUT2D eigenvalue weighted by Gasteiger charge is 2.13. The summed E-state index contributed by atoms with van der Waals surface area (Å²) >= 11 is 0. The van der Waals surface area contributed by atoms with Crippen LogP contribution in [0, 0.1) is 0 Å². The van der Waals surface area contributed by atoms with E-state index in [4.69, 9.17) is 9.26 Å². The fraction of sp³-hybridized carbons (Fsp3) is 0.350. The number of rotatable bonds is 7. The number of amides is 2. The molecule has 0 saturated heterocycles. The van der Waals surface area contributed by atoms with Gasteiger partial charge in [-0.2, -0.15) is 0 Å². The summed E-state index contributed by atoms with van der Waals surface area (Å²) in [6.45, 7) is 5.20. The molecule has 0 atom stereocenters. The second-order valence-corrected chi connectivity index (χ2v) is 6.64. The molecule has 27 heavy (non-hydrogen) atoms. The molecule has 7 heteroatoms. The second kappa shape index (κ2) is 8.53. The molecule has 0 aliphatic carbocycles. The molecule has 3 rings (SSSR count). The smallest absolute Gasteiger partial charge is 0.317 e. The van der Waals surface area contributed by atoms with Crippen molar-refractivity contribution in [2.24, 2.45) is 0 Å². The van der Waals surface area contributed by atoms with Gasteiger partial charge in [0.05, 0.1) is 18.8 Å². The number of para-hydroxylation sites is 1. The van der Waals surface area contributed by atoms with Crippen LogP contribution in [0.25, 0.3) is 10.9 Å². The van der Waals surface area contributed by atoms with E-state index in [1.165, 1.54) is 0 Å². The van der Waals surface area contributed by atoms with Gasteiger partial charge in [0.1, 0.15) is 17.9 Å². The highest BCUT2D eigenvalue weighted by molar-refractivity contribution is 5.84. The molecule has 2 amide bonds. The number of pyridine rings is 1. The van der Waals surface area contributed by atoms with E-state index in [2.05, 4.69) is 15.5 Å². The van der Waals surface area contributed by atoms with Crippen molar-refractivity contribution >= 4 is 16.9 Å². The molecule has 0 bridgehead atoms.